The van der Waals surface area contributed by atoms with Gasteiger partial charge in [0.1, 0.15) is 5.76 Å². The van der Waals surface area contributed by atoms with E-state index in [4.69, 9.17) is 20.4 Å². The van der Waals surface area contributed by atoms with Crippen LogP contribution >= 0.6 is 0 Å². The average Bonchev–Trinajstić information content (AvgIpc) is 2.38. The van der Waals surface area contributed by atoms with Crippen LogP contribution in [0.25, 0.3) is 0 Å². The molecular weight excluding hydrogens is 264 g/mol. The smallest absolute Gasteiger partial charge is 0.370 e. The maximum absolute atomic E-state index is 10.2. The lowest BCUT2D eigenvalue weighted by molar-refractivity contribution is -0.135. The van der Waals surface area contributed by atoms with Gasteiger partial charge in [-0.25, -0.2) is 9.59 Å². The maximum atomic E-state index is 10.2. The number of rotatable bonds is 7. The Labute approximate surface area is 119 Å². The standard InChI is InChI=1S/2C7H12O3/c1-3-4-6(8)5(2)7(9)10;1-2-3-4-5-6(8)7(9)10/h8H,3-4H2,1-2H3,(H,9,10);5,8H,2-4H2,1H3,(H,9,10)/b6-5+;6-5-. The zero-order valence-electron chi connectivity index (χ0n) is 12.2. The molecule has 20 heavy (non-hydrogen) atoms. The van der Waals surface area contributed by atoms with E-state index in [1.807, 2.05) is 13.8 Å². The maximum Gasteiger partial charge on any atom is 0.370 e. The van der Waals surface area contributed by atoms with Gasteiger partial charge in [-0.3, -0.25) is 0 Å². The number of hydrogen-bond donors (Lipinski definition) is 4. The summed E-state index contributed by atoms with van der Waals surface area (Å²) in [5.74, 6) is -2.87. The van der Waals surface area contributed by atoms with Crippen LogP contribution in [-0.4, -0.2) is 32.4 Å². The molecule has 0 spiro atoms. The van der Waals surface area contributed by atoms with Gasteiger partial charge in [0.2, 0.25) is 0 Å². The first-order chi connectivity index (χ1) is 9.27. The van der Waals surface area contributed by atoms with Crippen LogP contribution in [0.2, 0.25) is 0 Å². The molecule has 0 aliphatic carbocycles. The second-order valence-corrected chi connectivity index (χ2v) is 4.16. The zero-order valence-corrected chi connectivity index (χ0v) is 12.2. The van der Waals surface area contributed by atoms with Crippen molar-refractivity contribution in [2.75, 3.05) is 0 Å². The molecule has 0 aromatic carbocycles. The largest absolute Gasteiger partial charge is 0.512 e. The number of aliphatic hydroxyl groups excluding tert-OH is 2. The van der Waals surface area contributed by atoms with Gasteiger partial charge in [0.25, 0.3) is 0 Å². The third-order valence-electron chi connectivity index (χ3n) is 2.35. The Kier molecular flexibility index (Phi) is 12.3. The van der Waals surface area contributed by atoms with E-state index >= 15 is 0 Å². The summed E-state index contributed by atoms with van der Waals surface area (Å²) in [6, 6.07) is 0. The van der Waals surface area contributed by atoms with Gasteiger partial charge in [-0.2, -0.15) is 0 Å². The average molecular weight is 288 g/mol. The molecule has 0 aromatic rings. The molecule has 6 nitrogen and oxygen atoms in total. The van der Waals surface area contributed by atoms with Gasteiger partial charge >= 0.3 is 11.9 Å². The summed E-state index contributed by atoms with van der Waals surface area (Å²) in [6.07, 6.45) is 5.08. The van der Waals surface area contributed by atoms with E-state index in [1.165, 1.54) is 13.0 Å². The molecule has 0 saturated carbocycles. The van der Waals surface area contributed by atoms with Crippen molar-refractivity contribution in [2.24, 2.45) is 0 Å². The zero-order chi connectivity index (χ0) is 16.1. The quantitative estimate of drug-likeness (QED) is 0.324. The van der Waals surface area contributed by atoms with Crippen molar-refractivity contribution >= 4 is 11.9 Å². The van der Waals surface area contributed by atoms with Crippen LogP contribution in [-0.2, 0) is 9.59 Å². The Morgan fingerprint density at radius 1 is 0.950 bits per heavy atom. The number of carboxylic acid groups (broad SMARTS) is 2. The van der Waals surface area contributed by atoms with Gasteiger partial charge in [0.15, 0.2) is 5.76 Å². The van der Waals surface area contributed by atoms with Crippen molar-refractivity contribution in [3.63, 3.8) is 0 Å². The Morgan fingerprint density at radius 2 is 1.50 bits per heavy atom. The lowest BCUT2D eigenvalue weighted by Crippen LogP contribution is -2.00. The van der Waals surface area contributed by atoms with Crippen molar-refractivity contribution in [3.8, 4) is 0 Å². The number of carboxylic acids is 2. The molecule has 0 saturated heterocycles. The number of unbranched alkanes of at least 4 members (excludes halogenated alkanes) is 2. The number of allylic oxidation sites excluding steroid dienone is 2. The Balaban J connectivity index is 0. The molecule has 0 atom stereocenters. The van der Waals surface area contributed by atoms with Gasteiger partial charge in [0, 0.05) is 6.42 Å². The minimum Gasteiger partial charge on any atom is -0.512 e. The van der Waals surface area contributed by atoms with E-state index in [9.17, 15) is 9.59 Å². The molecule has 6 heteroatoms. The van der Waals surface area contributed by atoms with Crippen molar-refractivity contribution < 1.29 is 30.0 Å². The van der Waals surface area contributed by atoms with E-state index < -0.39 is 17.7 Å². The van der Waals surface area contributed by atoms with Crippen LogP contribution in [0.4, 0.5) is 0 Å². The molecule has 0 bridgehead atoms. The normalized spacial score (nSPS) is 12.1. The van der Waals surface area contributed by atoms with E-state index in [0.717, 1.165) is 19.3 Å². The topological polar surface area (TPSA) is 115 Å². The molecule has 0 fully saturated rings. The second kappa shape index (κ2) is 12.1. The Morgan fingerprint density at radius 3 is 1.85 bits per heavy atom. The predicted molar refractivity (Wildman–Crippen MR) is 75.7 cm³/mol. The van der Waals surface area contributed by atoms with Crippen molar-refractivity contribution in [1.29, 1.82) is 0 Å². The summed E-state index contributed by atoms with van der Waals surface area (Å²) in [5.41, 5.74) is 0.0434. The van der Waals surface area contributed by atoms with E-state index in [-0.39, 0.29) is 11.3 Å². The van der Waals surface area contributed by atoms with E-state index in [1.54, 1.807) is 0 Å². The lowest BCUT2D eigenvalue weighted by atomic mass is 10.2. The first-order valence-corrected chi connectivity index (χ1v) is 6.52. The molecular formula is C14H24O6. The van der Waals surface area contributed by atoms with Gasteiger partial charge in [0.05, 0.1) is 5.57 Å². The first-order valence-electron chi connectivity index (χ1n) is 6.52. The minimum atomic E-state index is -1.25. The number of aliphatic carboxylic acids is 2. The van der Waals surface area contributed by atoms with E-state index in [2.05, 4.69) is 0 Å². The van der Waals surface area contributed by atoms with Crippen LogP contribution in [0.1, 0.15) is 52.9 Å². The van der Waals surface area contributed by atoms with Crippen LogP contribution in [0, 0.1) is 0 Å². The summed E-state index contributed by atoms with van der Waals surface area (Å²) in [6.45, 7) is 5.28. The molecule has 0 heterocycles. The number of hydrogen-bond acceptors (Lipinski definition) is 4. The molecule has 0 aliphatic rings. The lowest BCUT2D eigenvalue weighted by Gasteiger charge is -1.98. The highest BCUT2D eigenvalue weighted by molar-refractivity contribution is 5.86. The number of aliphatic hydroxyl groups is 2. The second-order valence-electron chi connectivity index (χ2n) is 4.16. The van der Waals surface area contributed by atoms with Crippen molar-refractivity contribution in [2.45, 2.75) is 52.9 Å². The van der Waals surface area contributed by atoms with Crippen LogP contribution in [0.5, 0.6) is 0 Å². The molecule has 116 valence electrons. The monoisotopic (exact) mass is 288 g/mol. The van der Waals surface area contributed by atoms with Gasteiger partial charge in [-0.05, 0) is 32.3 Å². The molecule has 4 N–H and O–H groups in total. The van der Waals surface area contributed by atoms with E-state index in [0.29, 0.717) is 12.8 Å². The highest BCUT2D eigenvalue weighted by Crippen LogP contribution is 2.06. The fourth-order valence-corrected chi connectivity index (χ4v) is 1.08. The van der Waals surface area contributed by atoms with Crippen LogP contribution < -0.4 is 0 Å². The Hall–Kier alpha value is -1.98. The van der Waals surface area contributed by atoms with Gasteiger partial charge in [-0.1, -0.05) is 20.3 Å². The molecule has 0 radical (unpaired) electrons. The summed E-state index contributed by atoms with van der Waals surface area (Å²) < 4.78 is 0. The fraction of sp³-hybridized carbons (Fsp3) is 0.571. The molecule has 0 aliphatic heterocycles. The molecule has 0 amide bonds. The summed E-state index contributed by atoms with van der Waals surface area (Å²) >= 11 is 0. The van der Waals surface area contributed by atoms with Crippen molar-refractivity contribution in [1.82, 2.24) is 0 Å². The third kappa shape index (κ3) is 11.1. The fourth-order valence-electron chi connectivity index (χ4n) is 1.08. The van der Waals surface area contributed by atoms with Gasteiger partial charge in [-0.15, -0.1) is 0 Å². The minimum absolute atomic E-state index is 0.0185. The number of carbonyl (C=O) groups is 2. The molecule has 0 rings (SSSR count). The SMILES string of the molecule is CCC/C(O)=C(/C)C(=O)O.CCCC/C=C(\O)C(=O)O. The van der Waals surface area contributed by atoms with Crippen LogP contribution in [0.3, 0.4) is 0 Å². The van der Waals surface area contributed by atoms with Crippen molar-refractivity contribution in [3.05, 3.63) is 23.2 Å². The summed E-state index contributed by atoms with van der Waals surface area (Å²) in [5, 5.41) is 34.1. The summed E-state index contributed by atoms with van der Waals surface area (Å²) in [4.78, 5) is 20.2. The van der Waals surface area contributed by atoms with Gasteiger partial charge < -0.3 is 20.4 Å². The summed E-state index contributed by atoms with van der Waals surface area (Å²) in [7, 11) is 0. The highest BCUT2D eigenvalue weighted by Gasteiger charge is 2.05. The third-order valence-corrected chi connectivity index (χ3v) is 2.35. The van der Waals surface area contributed by atoms with Crippen LogP contribution in [0.15, 0.2) is 23.2 Å². The first kappa shape index (κ1) is 20.3. The predicted octanol–water partition coefficient (Wildman–Crippen LogP) is 3.41. The molecule has 0 unspecified atom stereocenters. The molecule has 0 aromatic heterocycles. The Bertz CT molecular complexity index is 368. The highest BCUT2D eigenvalue weighted by atomic mass is 16.4.